The summed E-state index contributed by atoms with van der Waals surface area (Å²) in [5, 5.41) is 8.62. The van der Waals surface area contributed by atoms with Crippen molar-refractivity contribution in [3.63, 3.8) is 0 Å². The van der Waals surface area contributed by atoms with Gasteiger partial charge >= 0.3 is 0 Å². The summed E-state index contributed by atoms with van der Waals surface area (Å²) in [6, 6.07) is 9.63. The second-order valence-corrected chi connectivity index (χ2v) is 5.87. The third-order valence-corrected chi connectivity index (χ3v) is 4.29. The van der Waals surface area contributed by atoms with E-state index in [1.807, 2.05) is 38.1 Å². The van der Waals surface area contributed by atoms with Crippen molar-refractivity contribution in [2.24, 2.45) is 0 Å². The Morgan fingerprint density at radius 1 is 1.08 bits per heavy atom. The Labute approximate surface area is 153 Å². The third-order valence-electron chi connectivity index (χ3n) is 4.29. The van der Waals surface area contributed by atoms with E-state index in [9.17, 15) is 4.79 Å². The molecule has 0 aliphatic carbocycles. The highest BCUT2D eigenvalue weighted by molar-refractivity contribution is 5.91. The highest BCUT2D eigenvalue weighted by atomic mass is 16.5. The Bertz CT molecular complexity index is 869. The molecule has 0 aromatic heterocycles. The van der Waals surface area contributed by atoms with Crippen LogP contribution in [0.1, 0.15) is 27.8 Å². The first kappa shape index (κ1) is 19.3. The van der Waals surface area contributed by atoms with Crippen molar-refractivity contribution in [2.45, 2.75) is 13.8 Å². The van der Waals surface area contributed by atoms with Crippen LogP contribution in [-0.4, -0.2) is 25.3 Å². The number of amides is 1. The number of nitrogens with one attached hydrogen (secondary N) is 1. The molecule has 2 aromatic carbocycles. The van der Waals surface area contributed by atoms with Crippen LogP contribution in [0, 0.1) is 13.8 Å². The van der Waals surface area contributed by atoms with Crippen LogP contribution in [0.15, 0.2) is 43.0 Å². The van der Waals surface area contributed by atoms with E-state index in [1.54, 1.807) is 25.8 Å². The molecule has 5 heteroatoms. The number of hydrogen-bond acceptors (Lipinski definition) is 4. The summed E-state index contributed by atoms with van der Waals surface area (Å²) in [6.45, 7) is 8.26. The lowest BCUT2D eigenvalue weighted by Gasteiger charge is -2.14. The van der Waals surface area contributed by atoms with Crippen molar-refractivity contribution < 1.29 is 19.5 Å². The van der Waals surface area contributed by atoms with Gasteiger partial charge in [0.15, 0.2) is 0 Å². The molecule has 0 aliphatic heterocycles. The fourth-order valence-electron chi connectivity index (χ4n) is 2.63. The highest BCUT2D eigenvalue weighted by Crippen LogP contribution is 2.32. The molecular weight excluding hydrogens is 330 g/mol. The number of ether oxygens (including phenoxy) is 2. The molecule has 26 heavy (non-hydrogen) atoms. The minimum atomic E-state index is -0.616. The SMILES string of the molecule is C=C(c1ccc(OC)c(/C=C/C(=O)NO)c1)c1cc(C)c(C)c(OC)c1. The zero-order valence-electron chi connectivity index (χ0n) is 15.4. The third kappa shape index (κ3) is 4.13. The largest absolute Gasteiger partial charge is 0.496 e. The molecule has 0 unspecified atom stereocenters. The molecule has 0 aliphatic rings. The van der Waals surface area contributed by atoms with E-state index in [-0.39, 0.29) is 0 Å². The average molecular weight is 353 g/mol. The second kappa shape index (κ2) is 8.36. The Kier molecular flexibility index (Phi) is 6.20. The van der Waals surface area contributed by atoms with Crippen LogP contribution in [0.4, 0.5) is 0 Å². The summed E-state index contributed by atoms with van der Waals surface area (Å²) >= 11 is 0. The lowest BCUT2D eigenvalue weighted by Crippen LogP contribution is -2.14. The van der Waals surface area contributed by atoms with Crippen LogP contribution in [0.25, 0.3) is 11.6 Å². The molecule has 0 heterocycles. The summed E-state index contributed by atoms with van der Waals surface area (Å²) in [5.74, 6) is 0.811. The van der Waals surface area contributed by atoms with Gasteiger partial charge in [0.2, 0.25) is 0 Å². The number of carbonyl (C=O) groups is 1. The van der Waals surface area contributed by atoms with Crippen molar-refractivity contribution in [3.8, 4) is 11.5 Å². The van der Waals surface area contributed by atoms with Gasteiger partial charge in [-0.2, -0.15) is 0 Å². The molecule has 0 atom stereocenters. The molecule has 136 valence electrons. The number of rotatable bonds is 6. The van der Waals surface area contributed by atoms with Gasteiger partial charge in [-0.25, -0.2) is 5.48 Å². The highest BCUT2D eigenvalue weighted by Gasteiger charge is 2.11. The van der Waals surface area contributed by atoms with Crippen molar-refractivity contribution in [1.29, 1.82) is 0 Å². The lowest BCUT2D eigenvalue weighted by atomic mass is 9.94. The molecule has 2 rings (SSSR count). The van der Waals surface area contributed by atoms with Crippen molar-refractivity contribution in [1.82, 2.24) is 5.48 Å². The van der Waals surface area contributed by atoms with Crippen LogP contribution < -0.4 is 15.0 Å². The van der Waals surface area contributed by atoms with Gasteiger partial charge in [0.05, 0.1) is 14.2 Å². The van der Waals surface area contributed by atoms with Crippen LogP contribution in [0.2, 0.25) is 0 Å². The van der Waals surface area contributed by atoms with E-state index < -0.39 is 5.91 Å². The number of carbonyl (C=O) groups excluding carboxylic acids is 1. The minimum absolute atomic E-state index is 0.612. The quantitative estimate of drug-likeness (QED) is 0.469. The van der Waals surface area contributed by atoms with E-state index in [0.717, 1.165) is 33.6 Å². The smallest absolute Gasteiger partial charge is 0.267 e. The first-order chi connectivity index (χ1) is 12.4. The van der Waals surface area contributed by atoms with Crippen LogP contribution in [-0.2, 0) is 4.79 Å². The minimum Gasteiger partial charge on any atom is -0.496 e. The zero-order chi connectivity index (χ0) is 19.3. The zero-order valence-corrected chi connectivity index (χ0v) is 15.4. The fraction of sp³-hybridized carbons (Fsp3) is 0.190. The lowest BCUT2D eigenvalue weighted by molar-refractivity contribution is -0.124. The van der Waals surface area contributed by atoms with Gasteiger partial charge in [-0.15, -0.1) is 0 Å². The Hall–Kier alpha value is -3.05. The second-order valence-electron chi connectivity index (χ2n) is 5.87. The van der Waals surface area contributed by atoms with Gasteiger partial charge in [-0.1, -0.05) is 18.7 Å². The summed E-state index contributed by atoms with van der Waals surface area (Å²) in [6.07, 6.45) is 2.80. The number of hydroxylamine groups is 1. The van der Waals surface area contributed by atoms with Crippen molar-refractivity contribution >= 4 is 17.6 Å². The fourth-order valence-corrected chi connectivity index (χ4v) is 2.63. The molecule has 2 aromatic rings. The number of aryl methyl sites for hydroxylation is 1. The van der Waals surface area contributed by atoms with E-state index in [0.29, 0.717) is 11.3 Å². The van der Waals surface area contributed by atoms with Crippen molar-refractivity contribution in [3.05, 3.63) is 70.8 Å². The predicted molar refractivity (Wildman–Crippen MR) is 103 cm³/mol. The summed E-state index contributed by atoms with van der Waals surface area (Å²) < 4.78 is 10.8. The Morgan fingerprint density at radius 3 is 2.38 bits per heavy atom. The van der Waals surface area contributed by atoms with E-state index >= 15 is 0 Å². The van der Waals surface area contributed by atoms with Crippen molar-refractivity contribution in [2.75, 3.05) is 14.2 Å². The maximum Gasteiger partial charge on any atom is 0.267 e. The number of methoxy groups -OCH3 is 2. The standard InChI is InChI=1S/C21H23NO4/c1-13-10-18(12-20(26-5)14(13)2)15(3)16-6-8-19(25-4)17(11-16)7-9-21(23)22-24/h6-12,24H,3H2,1-2,4-5H3,(H,22,23)/b9-7+. The molecule has 0 bridgehead atoms. The van der Waals surface area contributed by atoms with Gasteiger partial charge < -0.3 is 9.47 Å². The number of benzene rings is 2. The Morgan fingerprint density at radius 2 is 1.77 bits per heavy atom. The topological polar surface area (TPSA) is 67.8 Å². The molecule has 0 saturated heterocycles. The maximum absolute atomic E-state index is 11.2. The molecule has 0 saturated carbocycles. The molecule has 1 amide bonds. The van der Waals surface area contributed by atoms with E-state index in [1.165, 1.54) is 6.08 Å². The molecule has 0 fully saturated rings. The van der Waals surface area contributed by atoms with Crippen LogP contribution >= 0.6 is 0 Å². The van der Waals surface area contributed by atoms with Gasteiger partial charge in [0.1, 0.15) is 11.5 Å². The molecule has 0 radical (unpaired) electrons. The van der Waals surface area contributed by atoms with Gasteiger partial charge in [0, 0.05) is 11.6 Å². The first-order valence-electron chi connectivity index (χ1n) is 8.06. The maximum atomic E-state index is 11.2. The normalized spacial score (nSPS) is 10.7. The number of hydrogen-bond donors (Lipinski definition) is 2. The van der Waals surface area contributed by atoms with Crippen LogP contribution in [0.3, 0.4) is 0 Å². The van der Waals surface area contributed by atoms with Crippen LogP contribution in [0.5, 0.6) is 11.5 Å². The average Bonchev–Trinajstić information content (AvgIpc) is 2.67. The molecular formula is C21H23NO4. The molecule has 2 N–H and O–H groups in total. The summed E-state index contributed by atoms with van der Waals surface area (Å²) in [7, 11) is 3.21. The summed E-state index contributed by atoms with van der Waals surface area (Å²) in [5.41, 5.74) is 7.15. The molecule has 5 nitrogen and oxygen atoms in total. The summed E-state index contributed by atoms with van der Waals surface area (Å²) in [4.78, 5) is 11.2. The Balaban J connectivity index is 2.45. The van der Waals surface area contributed by atoms with Gasteiger partial charge in [0.25, 0.3) is 5.91 Å². The predicted octanol–water partition coefficient (Wildman–Crippen LogP) is 3.90. The van der Waals surface area contributed by atoms with Gasteiger partial charge in [-0.05, 0) is 65.9 Å². The molecule has 0 spiro atoms. The van der Waals surface area contributed by atoms with E-state index in [4.69, 9.17) is 14.7 Å². The van der Waals surface area contributed by atoms with E-state index in [2.05, 4.69) is 12.6 Å². The first-order valence-corrected chi connectivity index (χ1v) is 8.06. The monoisotopic (exact) mass is 353 g/mol. The van der Waals surface area contributed by atoms with Gasteiger partial charge in [-0.3, -0.25) is 10.0 Å².